The monoisotopic (exact) mass is 306 g/mol. The number of nitrogens with one attached hydrogen (secondary N) is 1. The van der Waals surface area contributed by atoms with Crippen molar-refractivity contribution in [3.63, 3.8) is 0 Å². The van der Waals surface area contributed by atoms with Crippen LogP contribution in [0.3, 0.4) is 0 Å². The van der Waals surface area contributed by atoms with Crippen molar-refractivity contribution < 1.29 is 12.8 Å². The number of nitrogens with zero attached hydrogens (tertiary/aromatic N) is 1. The number of rotatable bonds is 2. The first-order chi connectivity index (χ1) is 8.84. The lowest BCUT2D eigenvalue weighted by molar-refractivity contribution is 0.244. The molecule has 1 aliphatic rings. The molecule has 0 radical (unpaired) electrons. The van der Waals surface area contributed by atoms with Crippen LogP contribution in [0.15, 0.2) is 23.1 Å². The predicted octanol–water partition coefficient (Wildman–Crippen LogP) is 1.85. The lowest BCUT2D eigenvalue weighted by atomic mass is 10.2. The first kappa shape index (κ1) is 14.7. The molecule has 19 heavy (non-hydrogen) atoms. The van der Waals surface area contributed by atoms with Gasteiger partial charge in [-0.3, -0.25) is 0 Å². The number of hydrogen-bond donors (Lipinski definition) is 1. The molecule has 1 aromatic rings. The van der Waals surface area contributed by atoms with Crippen LogP contribution in [0.5, 0.6) is 0 Å². The van der Waals surface area contributed by atoms with Gasteiger partial charge in [-0.1, -0.05) is 17.7 Å². The van der Waals surface area contributed by atoms with Crippen molar-refractivity contribution >= 4 is 21.6 Å². The van der Waals surface area contributed by atoms with E-state index in [9.17, 15) is 12.8 Å². The van der Waals surface area contributed by atoms with Crippen molar-refractivity contribution in [2.75, 3.05) is 13.1 Å². The molecule has 0 saturated carbocycles. The van der Waals surface area contributed by atoms with Gasteiger partial charge in [-0.2, -0.15) is 4.31 Å². The van der Waals surface area contributed by atoms with Gasteiger partial charge in [-0.15, -0.1) is 0 Å². The molecule has 2 atom stereocenters. The van der Waals surface area contributed by atoms with Crippen LogP contribution in [0.2, 0.25) is 5.02 Å². The van der Waals surface area contributed by atoms with Crippen molar-refractivity contribution in [3.05, 3.63) is 29.0 Å². The van der Waals surface area contributed by atoms with Gasteiger partial charge < -0.3 is 5.32 Å². The average Bonchev–Trinajstić information content (AvgIpc) is 2.35. The van der Waals surface area contributed by atoms with E-state index in [0.29, 0.717) is 13.1 Å². The maximum absolute atomic E-state index is 13.9. The second kappa shape index (κ2) is 5.36. The second-order valence-electron chi connectivity index (χ2n) is 4.78. The normalized spacial score (nSPS) is 25.5. The van der Waals surface area contributed by atoms with Crippen LogP contribution in [-0.4, -0.2) is 37.9 Å². The van der Waals surface area contributed by atoms with Gasteiger partial charge in [0, 0.05) is 25.2 Å². The Morgan fingerprint density at radius 1 is 1.42 bits per heavy atom. The SMILES string of the molecule is C[C@@H]1CN[C@@H](C)CN1S(=O)(=O)c1cccc(Cl)c1F. The second-order valence-corrected chi connectivity index (χ2v) is 7.05. The molecule has 1 fully saturated rings. The average molecular weight is 307 g/mol. The van der Waals surface area contributed by atoms with Gasteiger partial charge in [-0.05, 0) is 26.0 Å². The first-order valence-electron chi connectivity index (χ1n) is 6.03. The fourth-order valence-corrected chi connectivity index (χ4v) is 4.17. The Hall–Kier alpha value is -0.690. The van der Waals surface area contributed by atoms with E-state index in [2.05, 4.69) is 5.32 Å². The van der Waals surface area contributed by atoms with Gasteiger partial charge in [0.25, 0.3) is 0 Å². The van der Waals surface area contributed by atoms with E-state index in [1.54, 1.807) is 6.92 Å². The van der Waals surface area contributed by atoms with E-state index in [4.69, 9.17) is 11.6 Å². The third kappa shape index (κ3) is 2.76. The number of hydrogen-bond acceptors (Lipinski definition) is 3. The standard InChI is InChI=1S/C12H16ClFN2O2S/c1-8-7-16(9(2)6-15-8)19(17,18)11-5-3-4-10(13)12(11)14/h3-5,8-9,15H,6-7H2,1-2H3/t8-,9+/m0/s1. The topological polar surface area (TPSA) is 49.4 Å². The van der Waals surface area contributed by atoms with Crippen molar-refractivity contribution in [3.8, 4) is 0 Å². The van der Waals surface area contributed by atoms with Crippen LogP contribution in [0.4, 0.5) is 4.39 Å². The molecule has 1 heterocycles. The minimum absolute atomic E-state index is 0.0354. The fourth-order valence-electron chi connectivity index (χ4n) is 2.13. The molecular weight excluding hydrogens is 291 g/mol. The summed E-state index contributed by atoms with van der Waals surface area (Å²) in [7, 11) is -3.86. The Balaban J connectivity index is 2.44. The summed E-state index contributed by atoms with van der Waals surface area (Å²) in [5.74, 6) is -0.887. The highest BCUT2D eigenvalue weighted by Gasteiger charge is 2.35. The van der Waals surface area contributed by atoms with Crippen LogP contribution in [0.25, 0.3) is 0 Å². The van der Waals surface area contributed by atoms with Gasteiger partial charge >= 0.3 is 0 Å². The minimum atomic E-state index is -3.86. The van der Waals surface area contributed by atoms with E-state index >= 15 is 0 Å². The highest BCUT2D eigenvalue weighted by molar-refractivity contribution is 7.89. The quantitative estimate of drug-likeness (QED) is 0.907. The molecule has 0 spiro atoms. The summed E-state index contributed by atoms with van der Waals surface area (Å²) in [5.41, 5.74) is 0. The van der Waals surface area contributed by atoms with Crippen molar-refractivity contribution in [1.82, 2.24) is 9.62 Å². The van der Waals surface area contributed by atoms with Gasteiger partial charge in [0.2, 0.25) is 10.0 Å². The van der Waals surface area contributed by atoms with E-state index < -0.39 is 15.8 Å². The summed E-state index contributed by atoms with van der Waals surface area (Å²) in [5, 5.41) is 3.00. The molecule has 1 aliphatic heterocycles. The molecule has 1 saturated heterocycles. The number of halogens is 2. The number of sulfonamides is 1. The van der Waals surface area contributed by atoms with Crippen LogP contribution in [0.1, 0.15) is 13.8 Å². The Labute approximate surface area is 117 Å². The lowest BCUT2D eigenvalue weighted by Gasteiger charge is -2.36. The third-order valence-corrected chi connectivity index (χ3v) is 5.50. The summed E-state index contributed by atoms with van der Waals surface area (Å²) in [6.07, 6.45) is 0. The molecule has 2 rings (SSSR count). The zero-order valence-electron chi connectivity index (χ0n) is 10.7. The Morgan fingerprint density at radius 2 is 2.11 bits per heavy atom. The number of benzene rings is 1. The molecular formula is C12H16ClFN2O2S. The predicted molar refractivity (Wildman–Crippen MR) is 72.2 cm³/mol. The van der Waals surface area contributed by atoms with Crippen LogP contribution in [0, 0.1) is 5.82 Å². The van der Waals surface area contributed by atoms with Gasteiger partial charge in [-0.25, -0.2) is 12.8 Å². The van der Waals surface area contributed by atoms with E-state index in [-0.39, 0.29) is 22.0 Å². The Bertz CT molecular complexity index is 579. The van der Waals surface area contributed by atoms with Gasteiger partial charge in [0.05, 0.1) is 5.02 Å². The summed E-state index contributed by atoms with van der Waals surface area (Å²) in [6, 6.07) is 3.83. The van der Waals surface area contributed by atoms with Gasteiger partial charge in [0.1, 0.15) is 4.90 Å². The van der Waals surface area contributed by atoms with Gasteiger partial charge in [0.15, 0.2) is 5.82 Å². The zero-order chi connectivity index (χ0) is 14.2. The number of piperazine rings is 1. The summed E-state index contributed by atoms with van der Waals surface area (Å²) in [4.78, 5) is -0.360. The largest absolute Gasteiger partial charge is 0.311 e. The van der Waals surface area contributed by atoms with Crippen molar-refractivity contribution in [2.24, 2.45) is 0 Å². The Morgan fingerprint density at radius 3 is 2.79 bits per heavy atom. The summed E-state index contributed by atoms with van der Waals surface area (Å²) < 4.78 is 40.3. The highest BCUT2D eigenvalue weighted by atomic mass is 35.5. The minimum Gasteiger partial charge on any atom is -0.311 e. The van der Waals surface area contributed by atoms with E-state index in [1.165, 1.54) is 22.5 Å². The maximum Gasteiger partial charge on any atom is 0.246 e. The molecule has 0 bridgehead atoms. The molecule has 0 aromatic heterocycles. The first-order valence-corrected chi connectivity index (χ1v) is 7.85. The van der Waals surface area contributed by atoms with Crippen LogP contribution >= 0.6 is 11.6 Å². The smallest absolute Gasteiger partial charge is 0.246 e. The fraction of sp³-hybridized carbons (Fsp3) is 0.500. The molecule has 1 N–H and O–H groups in total. The van der Waals surface area contributed by atoms with Crippen molar-refractivity contribution in [1.29, 1.82) is 0 Å². The molecule has 0 unspecified atom stereocenters. The zero-order valence-corrected chi connectivity index (χ0v) is 12.3. The van der Waals surface area contributed by atoms with E-state index in [0.717, 1.165) is 0 Å². The maximum atomic E-state index is 13.9. The van der Waals surface area contributed by atoms with Crippen molar-refractivity contribution in [2.45, 2.75) is 30.8 Å². The summed E-state index contributed by atoms with van der Waals surface area (Å²) >= 11 is 5.65. The molecule has 106 valence electrons. The highest BCUT2D eigenvalue weighted by Crippen LogP contribution is 2.26. The molecule has 4 nitrogen and oxygen atoms in total. The molecule has 7 heteroatoms. The Kier molecular flexibility index (Phi) is 4.15. The third-order valence-electron chi connectivity index (χ3n) is 3.21. The van der Waals surface area contributed by atoms with Crippen LogP contribution in [-0.2, 0) is 10.0 Å². The molecule has 0 aliphatic carbocycles. The van der Waals surface area contributed by atoms with E-state index in [1.807, 2.05) is 6.92 Å². The summed E-state index contributed by atoms with van der Waals surface area (Å²) in [6.45, 7) is 4.54. The van der Waals surface area contributed by atoms with Crippen LogP contribution < -0.4 is 5.32 Å². The molecule has 0 amide bonds. The molecule has 1 aromatic carbocycles. The lowest BCUT2D eigenvalue weighted by Crippen LogP contribution is -2.56.